The molecule has 16 heavy (non-hydrogen) atoms. The van der Waals surface area contributed by atoms with Gasteiger partial charge >= 0.3 is 0 Å². The van der Waals surface area contributed by atoms with Gasteiger partial charge in [-0.15, -0.1) is 5.01 Å². The van der Waals surface area contributed by atoms with E-state index in [1.807, 2.05) is 30.3 Å². The molecule has 0 aliphatic carbocycles. The minimum absolute atomic E-state index is 0.238. The molecule has 86 valence electrons. The standard InChI is InChI=1S/C10H14N4O2/c15-11-14(16)13-8-6-12(7-9-13)10-4-2-1-3-5-10/h1-5,15H,6-9H2/b14-11+. The lowest BCUT2D eigenvalue weighted by molar-refractivity contribution is -0.710. The van der Waals surface area contributed by atoms with E-state index in [-0.39, 0.29) is 4.97 Å². The fourth-order valence-electron chi connectivity index (χ4n) is 1.82. The fraction of sp³-hybridized carbons (Fsp3) is 0.400. The summed E-state index contributed by atoms with van der Waals surface area (Å²) in [5.41, 5.74) is 1.15. The highest BCUT2D eigenvalue weighted by Gasteiger charge is 2.21. The maximum absolute atomic E-state index is 11.0. The Kier molecular flexibility index (Phi) is 3.09. The van der Waals surface area contributed by atoms with E-state index in [4.69, 9.17) is 5.21 Å². The Bertz CT molecular complexity index is 360. The van der Waals surface area contributed by atoms with Gasteiger partial charge < -0.3 is 15.3 Å². The summed E-state index contributed by atoms with van der Waals surface area (Å²) in [6.07, 6.45) is 0. The van der Waals surface area contributed by atoms with Crippen molar-refractivity contribution in [2.75, 3.05) is 31.1 Å². The largest absolute Gasteiger partial charge is 0.569 e. The van der Waals surface area contributed by atoms with E-state index in [1.165, 1.54) is 5.01 Å². The number of hydrogen-bond acceptors (Lipinski definition) is 3. The Balaban J connectivity index is 1.96. The summed E-state index contributed by atoms with van der Waals surface area (Å²) in [6, 6.07) is 10.0. The lowest BCUT2D eigenvalue weighted by atomic mass is 10.2. The Labute approximate surface area is 93.5 Å². The average molecular weight is 222 g/mol. The first kappa shape index (κ1) is 10.5. The van der Waals surface area contributed by atoms with Gasteiger partial charge in [0.1, 0.15) is 0 Å². The van der Waals surface area contributed by atoms with Crippen molar-refractivity contribution in [3.8, 4) is 0 Å². The van der Waals surface area contributed by atoms with Crippen LogP contribution in [0.25, 0.3) is 0 Å². The Morgan fingerprint density at radius 1 is 1.12 bits per heavy atom. The number of nitrogens with zero attached hydrogens (tertiary/aromatic N) is 4. The average Bonchev–Trinajstić information content (AvgIpc) is 2.39. The van der Waals surface area contributed by atoms with Crippen LogP contribution >= 0.6 is 0 Å². The zero-order valence-electron chi connectivity index (χ0n) is 8.86. The molecule has 1 aliphatic heterocycles. The van der Waals surface area contributed by atoms with Crippen LogP contribution in [0.5, 0.6) is 0 Å². The zero-order valence-corrected chi connectivity index (χ0v) is 8.86. The van der Waals surface area contributed by atoms with Crippen LogP contribution in [0.1, 0.15) is 0 Å². The highest BCUT2D eigenvalue weighted by molar-refractivity contribution is 5.46. The van der Waals surface area contributed by atoms with Crippen LogP contribution in [0.2, 0.25) is 0 Å². The van der Waals surface area contributed by atoms with Crippen LogP contribution in [0.3, 0.4) is 0 Å². The Morgan fingerprint density at radius 3 is 2.31 bits per heavy atom. The van der Waals surface area contributed by atoms with Crippen molar-refractivity contribution >= 4 is 5.69 Å². The molecule has 0 atom stereocenters. The van der Waals surface area contributed by atoms with E-state index in [0.717, 1.165) is 18.8 Å². The van der Waals surface area contributed by atoms with Crippen LogP contribution in [-0.2, 0) is 0 Å². The van der Waals surface area contributed by atoms with Gasteiger partial charge in [0, 0.05) is 18.8 Å². The molecular weight excluding hydrogens is 208 g/mol. The molecule has 0 amide bonds. The summed E-state index contributed by atoms with van der Waals surface area (Å²) < 4.78 is 0. The molecule has 0 unspecified atom stereocenters. The minimum atomic E-state index is 0.238. The summed E-state index contributed by atoms with van der Waals surface area (Å²) in [5, 5.41) is 23.4. The molecule has 0 aromatic heterocycles. The van der Waals surface area contributed by atoms with E-state index >= 15 is 0 Å². The summed E-state index contributed by atoms with van der Waals surface area (Å²) in [6.45, 7) is 2.61. The second-order valence-corrected chi connectivity index (χ2v) is 3.62. The van der Waals surface area contributed by atoms with Gasteiger partial charge in [0.25, 0.3) is 0 Å². The SMILES string of the molecule is [O-]/[N+](=N/O)N1CCN(c2ccccc2)CC1. The minimum Gasteiger partial charge on any atom is -0.569 e. The van der Waals surface area contributed by atoms with E-state index in [1.54, 1.807) is 0 Å². The van der Waals surface area contributed by atoms with Crippen molar-refractivity contribution in [3.05, 3.63) is 35.5 Å². The van der Waals surface area contributed by atoms with E-state index in [9.17, 15) is 5.21 Å². The number of hydrogen-bond donors (Lipinski definition) is 1. The zero-order chi connectivity index (χ0) is 11.4. The van der Waals surface area contributed by atoms with Crippen LogP contribution in [0.15, 0.2) is 35.6 Å². The van der Waals surface area contributed by atoms with Crippen molar-refractivity contribution in [2.24, 2.45) is 5.28 Å². The molecule has 0 radical (unpaired) electrons. The number of hydrazine groups is 1. The van der Waals surface area contributed by atoms with Crippen molar-refractivity contribution < 1.29 is 10.2 Å². The maximum atomic E-state index is 11.0. The molecule has 1 heterocycles. The van der Waals surface area contributed by atoms with Crippen LogP contribution < -0.4 is 4.90 Å². The Hall–Kier alpha value is -1.98. The summed E-state index contributed by atoms with van der Waals surface area (Å²) in [5.74, 6) is 0. The molecule has 6 nitrogen and oxygen atoms in total. The molecule has 1 aromatic carbocycles. The van der Waals surface area contributed by atoms with Crippen molar-refractivity contribution in [1.82, 2.24) is 5.01 Å². The predicted octanol–water partition coefficient (Wildman–Crippen LogP) is 1.08. The monoisotopic (exact) mass is 222 g/mol. The molecular formula is C10H14N4O2. The third-order valence-electron chi connectivity index (χ3n) is 2.70. The lowest BCUT2D eigenvalue weighted by Gasteiger charge is -2.32. The van der Waals surface area contributed by atoms with Gasteiger partial charge in [0.15, 0.2) is 0 Å². The van der Waals surface area contributed by atoms with Gasteiger partial charge in [-0.25, -0.2) is 0 Å². The number of rotatable bonds is 2. The normalized spacial score (nSPS) is 17.6. The second kappa shape index (κ2) is 4.69. The molecule has 1 fully saturated rings. The van der Waals surface area contributed by atoms with Gasteiger partial charge in [-0.05, 0) is 12.1 Å². The third-order valence-corrected chi connectivity index (χ3v) is 2.70. The smallest absolute Gasteiger partial charge is 0.230 e. The molecule has 0 spiro atoms. The van der Waals surface area contributed by atoms with E-state index in [2.05, 4.69) is 10.2 Å². The fourth-order valence-corrected chi connectivity index (χ4v) is 1.82. The number of para-hydroxylation sites is 1. The van der Waals surface area contributed by atoms with Gasteiger partial charge in [0.2, 0.25) is 5.28 Å². The summed E-state index contributed by atoms with van der Waals surface area (Å²) >= 11 is 0. The molecule has 2 rings (SSSR count). The molecule has 6 heteroatoms. The van der Waals surface area contributed by atoms with Gasteiger partial charge in [-0.3, -0.25) is 0 Å². The second-order valence-electron chi connectivity index (χ2n) is 3.62. The third kappa shape index (κ3) is 2.16. The number of piperazine rings is 1. The highest BCUT2D eigenvalue weighted by Crippen LogP contribution is 2.15. The number of anilines is 1. The number of benzene rings is 1. The quantitative estimate of drug-likeness (QED) is 0.462. The maximum Gasteiger partial charge on any atom is 0.230 e. The molecule has 1 aromatic rings. The van der Waals surface area contributed by atoms with Crippen molar-refractivity contribution in [2.45, 2.75) is 0 Å². The molecule has 1 saturated heterocycles. The lowest BCUT2D eigenvalue weighted by Crippen LogP contribution is -2.48. The predicted molar refractivity (Wildman–Crippen MR) is 58.1 cm³/mol. The first-order valence-electron chi connectivity index (χ1n) is 5.18. The van der Waals surface area contributed by atoms with Crippen LogP contribution in [0.4, 0.5) is 5.69 Å². The van der Waals surface area contributed by atoms with Crippen molar-refractivity contribution in [1.29, 1.82) is 0 Å². The van der Waals surface area contributed by atoms with Gasteiger partial charge in [-0.1, -0.05) is 18.2 Å². The van der Waals surface area contributed by atoms with Crippen LogP contribution in [-0.4, -0.2) is 41.4 Å². The van der Waals surface area contributed by atoms with E-state index in [0.29, 0.717) is 13.1 Å². The summed E-state index contributed by atoms with van der Waals surface area (Å²) in [4.78, 5) is 2.43. The molecule has 1 aliphatic rings. The van der Waals surface area contributed by atoms with Gasteiger partial charge in [-0.2, -0.15) is 0 Å². The molecule has 1 N–H and O–H groups in total. The van der Waals surface area contributed by atoms with Gasteiger partial charge in [0.05, 0.1) is 18.1 Å². The molecule has 0 bridgehead atoms. The summed E-state index contributed by atoms with van der Waals surface area (Å²) in [7, 11) is 0. The highest BCUT2D eigenvalue weighted by atomic mass is 16.6. The van der Waals surface area contributed by atoms with Crippen molar-refractivity contribution in [3.63, 3.8) is 0 Å². The first-order valence-corrected chi connectivity index (χ1v) is 5.18. The first-order chi connectivity index (χ1) is 7.81. The van der Waals surface area contributed by atoms with E-state index < -0.39 is 0 Å². The molecule has 0 saturated carbocycles. The topological polar surface area (TPSA) is 65.1 Å². The van der Waals surface area contributed by atoms with Crippen LogP contribution in [0, 0.1) is 5.21 Å². The Morgan fingerprint density at radius 2 is 1.75 bits per heavy atom.